The zero-order valence-corrected chi connectivity index (χ0v) is 19.3. The molecule has 0 saturated carbocycles. The van der Waals surface area contributed by atoms with Gasteiger partial charge in [0.25, 0.3) is 0 Å². The van der Waals surface area contributed by atoms with Gasteiger partial charge in [-0.2, -0.15) is 5.26 Å². The summed E-state index contributed by atoms with van der Waals surface area (Å²) in [6, 6.07) is 15.4. The Morgan fingerprint density at radius 2 is 1.94 bits per heavy atom. The van der Waals surface area contributed by atoms with Crippen molar-refractivity contribution in [1.29, 1.82) is 5.26 Å². The Morgan fingerprint density at radius 1 is 1.15 bits per heavy atom. The zero-order valence-electron chi connectivity index (χ0n) is 19.3. The Morgan fingerprint density at radius 3 is 2.64 bits per heavy atom. The molecule has 0 atom stereocenters. The van der Waals surface area contributed by atoms with Crippen molar-refractivity contribution >= 4 is 23.0 Å². The third kappa shape index (κ3) is 5.34. The molecule has 6 heteroatoms. The second-order valence-corrected chi connectivity index (χ2v) is 7.64. The molecule has 0 radical (unpaired) electrons. The normalized spacial score (nSPS) is 12.5. The van der Waals surface area contributed by atoms with E-state index in [0.29, 0.717) is 17.7 Å². The second kappa shape index (κ2) is 10.9. The largest absolute Gasteiger partial charge is 0.497 e. The van der Waals surface area contributed by atoms with E-state index in [4.69, 9.17) is 4.74 Å². The number of nitrogens with zero attached hydrogens (tertiary/aromatic N) is 2. The molecule has 1 amide bonds. The fourth-order valence-electron chi connectivity index (χ4n) is 3.80. The van der Waals surface area contributed by atoms with E-state index < -0.39 is 0 Å². The molecule has 2 aromatic carbocycles. The lowest BCUT2D eigenvalue weighted by Crippen LogP contribution is -2.04. The molecule has 6 nitrogen and oxygen atoms in total. The van der Waals surface area contributed by atoms with Crippen molar-refractivity contribution in [3.05, 3.63) is 83.6 Å². The standard InChI is InChI=1S/C18H15N3O2.C9H13N/c1-21-17-9-14(23-2)6-7-15(17)16(10-19)18(21)12-4-3-5-13(8-12)20-11-22;1-8-5-3-4-6-9(7-8)10-2/h3-9,11H,1-2H3,(H,20,22);3-6,10H,7H2,1-2H3. The number of carbonyl (C=O) groups excluding carboxylic acids is 1. The summed E-state index contributed by atoms with van der Waals surface area (Å²) in [7, 11) is 5.49. The quantitative estimate of drug-likeness (QED) is 0.529. The Labute approximate surface area is 194 Å². The van der Waals surface area contributed by atoms with Crippen LogP contribution in [0.2, 0.25) is 0 Å². The predicted octanol–water partition coefficient (Wildman–Crippen LogP) is 5.29. The third-order valence-corrected chi connectivity index (χ3v) is 5.46. The first kappa shape index (κ1) is 23.4. The number of methoxy groups -OCH3 is 1. The molecule has 4 rings (SSSR count). The smallest absolute Gasteiger partial charge is 0.211 e. The molecule has 1 aliphatic carbocycles. The molecule has 1 aliphatic rings. The molecule has 0 saturated heterocycles. The molecule has 2 N–H and O–H groups in total. The van der Waals surface area contributed by atoms with Crippen molar-refractivity contribution in [2.45, 2.75) is 13.3 Å². The highest BCUT2D eigenvalue weighted by Gasteiger charge is 2.17. The maximum absolute atomic E-state index is 10.6. The number of rotatable bonds is 5. The van der Waals surface area contributed by atoms with E-state index in [1.54, 1.807) is 13.2 Å². The molecule has 33 heavy (non-hydrogen) atoms. The van der Waals surface area contributed by atoms with Crippen molar-refractivity contribution in [3.8, 4) is 23.1 Å². The first-order valence-electron chi connectivity index (χ1n) is 10.6. The van der Waals surface area contributed by atoms with Crippen LogP contribution in [0.4, 0.5) is 5.69 Å². The number of nitriles is 1. The van der Waals surface area contributed by atoms with Crippen LogP contribution >= 0.6 is 0 Å². The average Bonchev–Trinajstić information content (AvgIpc) is 2.95. The second-order valence-electron chi connectivity index (χ2n) is 7.64. The van der Waals surface area contributed by atoms with Gasteiger partial charge in [-0.05, 0) is 37.3 Å². The van der Waals surface area contributed by atoms with Crippen molar-refractivity contribution in [3.63, 3.8) is 0 Å². The number of benzene rings is 2. The fraction of sp³-hybridized carbons (Fsp3) is 0.185. The minimum absolute atomic E-state index is 0.605. The van der Waals surface area contributed by atoms with E-state index in [-0.39, 0.29) is 0 Å². The molecule has 1 aromatic heterocycles. The molecule has 0 bridgehead atoms. The highest BCUT2D eigenvalue weighted by molar-refractivity contribution is 5.95. The van der Waals surface area contributed by atoms with Gasteiger partial charge < -0.3 is 19.9 Å². The van der Waals surface area contributed by atoms with Crippen LogP contribution in [0.3, 0.4) is 0 Å². The number of hydrogen-bond acceptors (Lipinski definition) is 4. The van der Waals surface area contributed by atoms with E-state index in [1.807, 2.05) is 55.1 Å². The molecular formula is C27H28N4O2. The molecule has 1 heterocycles. The van der Waals surface area contributed by atoms with Crippen LogP contribution in [0.15, 0.2) is 78.0 Å². The Hall–Kier alpha value is -4.24. The Kier molecular flexibility index (Phi) is 7.72. The number of aromatic nitrogens is 1. The molecule has 0 spiro atoms. The molecule has 0 aliphatic heterocycles. The monoisotopic (exact) mass is 440 g/mol. The third-order valence-electron chi connectivity index (χ3n) is 5.46. The summed E-state index contributed by atoms with van der Waals surface area (Å²) in [5, 5.41) is 16.3. The molecule has 3 aromatic rings. The van der Waals surface area contributed by atoms with Gasteiger partial charge in [0.2, 0.25) is 6.41 Å². The van der Waals surface area contributed by atoms with E-state index in [2.05, 4.69) is 47.9 Å². The van der Waals surface area contributed by atoms with Gasteiger partial charge >= 0.3 is 0 Å². The number of amides is 1. The van der Waals surface area contributed by atoms with Crippen LogP contribution in [0.1, 0.15) is 18.9 Å². The number of aryl methyl sites for hydroxylation is 1. The number of fused-ring (bicyclic) bond motifs is 1. The lowest BCUT2D eigenvalue weighted by Gasteiger charge is -2.07. The molecular weight excluding hydrogens is 412 g/mol. The summed E-state index contributed by atoms with van der Waals surface area (Å²) in [6.07, 6.45) is 10.1. The zero-order chi connectivity index (χ0) is 23.8. The summed E-state index contributed by atoms with van der Waals surface area (Å²) >= 11 is 0. The minimum Gasteiger partial charge on any atom is -0.497 e. The topological polar surface area (TPSA) is 79.1 Å². The summed E-state index contributed by atoms with van der Waals surface area (Å²) in [5.74, 6) is 0.741. The van der Waals surface area contributed by atoms with E-state index in [9.17, 15) is 10.1 Å². The van der Waals surface area contributed by atoms with Crippen LogP contribution in [-0.4, -0.2) is 25.1 Å². The first-order chi connectivity index (χ1) is 16.0. The van der Waals surface area contributed by atoms with Crippen LogP contribution in [0.5, 0.6) is 5.75 Å². The summed E-state index contributed by atoms with van der Waals surface area (Å²) < 4.78 is 7.24. The SMILES string of the molecule is CNC1=CC=CC=C(C)C1.COc1ccc2c(C#N)c(-c3cccc(NC=O)c3)n(C)c2c1. The highest BCUT2D eigenvalue weighted by atomic mass is 16.5. The first-order valence-corrected chi connectivity index (χ1v) is 10.6. The van der Waals surface area contributed by atoms with Gasteiger partial charge in [-0.3, -0.25) is 4.79 Å². The van der Waals surface area contributed by atoms with Crippen LogP contribution in [0, 0.1) is 11.3 Å². The van der Waals surface area contributed by atoms with Gasteiger partial charge in [-0.1, -0.05) is 35.9 Å². The maximum atomic E-state index is 10.6. The number of ether oxygens (including phenoxy) is 1. The van der Waals surface area contributed by atoms with Gasteiger partial charge in [0.05, 0.1) is 23.9 Å². The van der Waals surface area contributed by atoms with Crippen molar-refractivity contribution in [2.24, 2.45) is 7.05 Å². The Balaban J connectivity index is 0.000000257. The number of carbonyl (C=O) groups is 1. The number of hydrogen-bond donors (Lipinski definition) is 2. The maximum Gasteiger partial charge on any atom is 0.211 e. The molecule has 168 valence electrons. The summed E-state index contributed by atoms with van der Waals surface area (Å²) in [5.41, 5.74) is 6.57. The van der Waals surface area contributed by atoms with Crippen molar-refractivity contribution in [1.82, 2.24) is 9.88 Å². The summed E-state index contributed by atoms with van der Waals surface area (Å²) in [6.45, 7) is 2.14. The van der Waals surface area contributed by atoms with Gasteiger partial charge in [-0.15, -0.1) is 0 Å². The van der Waals surface area contributed by atoms with E-state index >= 15 is 0 Å². The Bertz CT molecular complexity index is 1290. The molecule has 0 fully saturated rings. The predicted molar refractivity (Wildman–Crippen MR) is 134 cm³/mol. The van der Waals surface area contributed by atoms with Crippen LogP contribution in [-0.2, 0) is 11.8 Å². The number of anilines is 1. The van der Waals surface area contributed by atoms with Crippen molar-refractivity contribution in [2.75, 3.05) is 19.5 Å². The van der Waals surface area contributed by atoms with Gasteiger partial charge in [0, 0.05) is 48.9 Å². The lowest BCUT2D eigenvalue weighted by molar-refractivity contribution is -0.105. The van der Waals surface area contributed by atoms with Gasteiger partial charge in [0.15, 0.2) is 0 Å². The van der Waals surface area contributed by atoms with Gasteiger partial charge in [-0.25, -0.2) is 0 Å². The van der Waals surface area contributed by atoms with Crippen LogP contribution < -0.4 is 15.4 Å². The van der Waals surface area contributed by atoms with Crippen LogP contribution in [0.25, 0.3) is 22.2 Å². The fourth-order valence-corrected chi connectivity index (χ4v) is 3.80. The lowest BCUT2D eigenvalue weighted by atomic mass is 10.1. The minimum atomic E-state index is 0.605. The van der Waals surface area contributed by atoms with E-state index in [1.165, 1.54) is 11.3 Å². The van der Waals surface area contributed by atoms with E-state index in [0.717, 1.165) is 34.3 Å². The highest BCUT2D eigenvalue weighted by Crippen LogP contribution is 2.35. The average molecular weight is 441 g/mol. The van der Waals surface area contributed by atoms with Crippen molar-refractivity contribution < 1.29 is 9.53 Å². The summed E-state index contributed by atoms with van der Waals surface area (Å²) in [4.78, 5) is 10.6. The molecule has 0 unspecified atom stereocenters. The van der Waals surface area contributed by atoms with Gasteiger partial charge in [0.1, 0.15) is 11.8 Å². The number of allylic oxidation sites excluding steroid dienone is 5. The number of nitrogens with one attached hydrogen (secondary N) is 2.